The molecule has 0 atom stereocenters. The van der Waals surface area contributed by atoms with Gasteiger partial charge in [0.25, 0.3) is 0 Å². The predicted octanol–water partition coefficient (Wildman–Crippen LogP) is 1.10. The van der Waals surface area contributed by atoms with Crippen LogP contribution in [-0.4, -0.2) is 52.8 Å². The zero-order chi connectivity index (χ0) is 13.9. The van der Waals surface area contributed by atoms with Crippen molar-refractivity contribution in [2.24, 2.45) is 0 Å². The molecule has 1 aliphatic rings. The Morgan fingerprint density at radius 1 is 1.45 bits per heavy atom. The molecule has 2 aromatic rings. The van der Waals surface area contributed by atoms with Gasteiger partial charge >= 0.3 is 0 Å². The molecule has 1 aromatic carbocycles. The SMILES string of the molecule is Nc1ccc2nc(SCC(=O)N3CCOCC3)[nH]c2c1. The quantitative estimate of drug-likeness (QED) is 0.653. The average Bonchev–Trinajstić information content (AvgIpc) is 2.87. The van der Waals surface area contributed by atoms with Gasteiger partial charge in [0.15, 0.2) is 5.16 Å². The Kier molecular flexibility index (Phi) is 3.79. The van der Waals surface area contributed by atoms with E-state index >= 15 is 0 Å². The van der Waals surface area contributed by atoms with Crippen molar-refractivity contribution in [2.75, 3.05) is 37.8 Å². The third-order valence-corrected chi connectivity index (χ3v) is 4.04. The van der Waals surface area contributed by atoms with Crippen LogP contribution in [0.2, 0.25) is 0 Å². The van der Waals surface area contributed by atoms with Gasteiger partial charge in [-0.3, -0.25) is 4.79 Å². The number of carbonyl (C=O) groups excluding carboxylic acids is 1. The molecule has 20 heavy (non-hydrogen) atoms. The highest BCUT2D eigenvalue weighted by Crippen LogP contribution is 2.21. The van der Waals surface area contributed by atoms with Gasteiger partial charge in [0.1, 0.15) is 0 Å². The Morgan fingerprint density at radius 3 is 3.05 bits per heavy atom. The Hall–Kier alpha value is -1.73. The number of nitrogens with two attached hydrogens (primary N) is 1. The molecule has 1 amide bonds. The molecular weight excluding hydrogens is 276 g/mol. The van der Waals surface area contributed by atoms with Crippen LogP contribution >= 0.6 is 11.8 Å². The summed E-state index contributed by atoms with van der Waals surface area (Å²) in [6, 6.07) is 5.53. The standard InChI is InChI=1S/C13H16N4O2S/c14-9-1-2-10-11(7-9)16-13(15-10)20-8-12(18)17-3-5-19-6-4-17/h1-2,7H,3-6,8,14H2,(H,15,16). The van der Waals surface area contributed by atoms with E-state index < -0.39 is 0 Å². The van der Waals surface area contributed by atoms with Crippen LogP contribution in [0.5, 0.6) is 0 Å². The number of benzene rings is 1. The molecule has 0 spiro atoms. The summed E-state index contributed by atoms with van der Waals surface area (Å²) < 4.78 is 5.23. The van der Waals surface area contributed by atoms with E-state index in [2.05, 4.69) is 9.97 Å². The van der Waals surface area contributed by atoms with Gasteiger partial charge in [-0.15, -0.1) is 0 Å². The zero-order valence-electron chi connectivity index (χ0n) is 11.0. The minimum atomic E-state index is 0.123. The molecule has 3 rings (SSSR count). The fourth-order valence-electron chi connectivity index (χ4n) is 2.11. The van der Waals surface area contributed by atoms with Crippen molar-refractivity contribution in [1.82, 2.24) is 14.9 Å². The Labute approximate surface area is 120 Å². The monoisotopic (exact) mass is 292 g/mol. The van der Waals surface area contributed by atoms with Crippen LogP contribution in [0.25, 0.3) is 11.0 Å². The smallest absolute Gasteiger partial charge is 0.233 e. The highest BCUT2D eigenvalue weighted by atomic mass is 32.2. The lowest BCUT2D eigenvalue weighted by atomic mass is 10.3. The number of nitrogens with zero attached hydrogens (tertiary/aromatic N) is 2. The number of fused-ring (bicyclic) bond motifs is 1. The van der Waals surface area contributed by atoms with E-state index in [1.165, 1.54) is 11.8 Å². The van der Waals surface area contributed by atoms with Gasteiger partial charge < -0.3 is 20.4 Å². The highest BCUT2D eigenvalue weighted by Gasteiger charge is 2.17. The summed E-state index contributed by atoms with van der Waals surface area (Å²) in [6.45, 7) is 2.60. The molecule has 3 N–H and O–H groups in total. The van der Waals surface area contributed by atoms with Gasteiger partial charge in [-0.2, -0.15) is 0 Å². The molecule has 1 fully saturated rings. The molecule has 1 aromatic heterocycles. The minimum absolute atomic E-state index is 0.123. The summed E-state index contributed by atoms with van der Waals surface area (Å²) in [6.07, 6.45) is 0. The molecule has 0 aliphatic carbocycles. The Bertz CT molecular complexity index is 622. The maximum absolute atomic E-state index is 12.0. The molecule has 0 unspecified atom stereocenters. The minimum Gasteiger partial charge on any atom is -0.399 e. The van der Waals surface area contributed by atoms with Crippen LogP contribution in [0.3, 0.4) is 0 Å². The van der Waals surface area contributed by atoms with E-state index in [1.807, 2.05) is 23.1 Å². The number of thioether (sulfide) groups is 1. The van der Waals surface area contributed by atoms with E-state index in [1.54, 1.807) is 0 Å². The molecule has 6 nitrogen and oxygen atoms in total. The van der Waals surface area contributed by atoms with Crippen LogP contribution < -0.4 is 5.73 Å². The molecule has 0 saturated carbocycles. The van der Waals surface area contributed by atoms with Crippen molar-refractivity contribution in [3.8, 4) is 0 Å². The lowest BCUT2D eigenvalue weighted by Crippen LogP contribution is -2.41. The summed E-state index contributed by atoms with van der Waals surface area (Å²) in [5, 5.41) is 0.743. The van der Waals surface area contributed by atoms with E-state index in [0.717, 1.165) is 16.2 Å². The number of anilines is 1. The first-order valence-electron chi connectivity index (χ1n) is 6.46. The highest BCUT2D eigenvalue weighted by molar-refractivity contribution is 7.99. The summed E-state index contributed by atoms with van der Waals surface area (Å²) in [5.74, 6) is 0.508. The number of carbonyl (C=O) groups is 1. The molecular formula is C13H16N4O2S. The fourth-order valence-corrected chi connectivity index (χ4v) is 2.89. The number of H-pyrrole nitrogens is 1. The van der Waals surface area contributed by atoms with Gasteiger partial charge in [-0.1, -0.05) is 11.8 Å². The normalized spacial score (nSPS) is 15.7. The van der Waals surface area contributed by atoms with Gasteiger partial charge in [0.05, 0.1) is 30.0 Å². The van der Waals surface area contributed by atoms with Crippen molar-refractivity contribution in [2.45, 2.75) is 5.16 Å². The van der Waals surface area contributed by atoms with Crippen molar-refractivity contribution < 1.29 is 9.53 Å². The number of hydrogen-bond acceptors (Lipinski definition) is 5. The van der Waals surface area contributed by atoms with Crippen molar-refractivity contribution in [3.05, 3.63) is 18.2 Å². The zero-order valence-corrected chi connectivity index (χ0v) is 11.8. The summed E-state index contributed by atoms with van der Waals surface area (Å²) in [7, 11) is 0. The second kappa shape index (κ2) is 5.72. The maximum atomic E-state index is 12.0. The molecule has 1 saturated heterocycles. The predicted molar refractivity (Wildman–Crippen MR) is 78.6 cm³/mol. The third-order valence-electron chi connectivity index (χ3n) is 3.18. The molecule has 2 heterocycles. The number of aromatic amines is 1. The second-order valence-electron chi connectivity index (χ2n) is 4.60. The number of aromatic nitrogens is 2. The number of hydrogen-bond donors (Lipinski definition) is 2. The molecule has 0 radical (unpaired) electrons. The van der Waals surface area contributed by atoms with Crippen molar-refractivity contribution in [1.29, 1.82) is 0 Å². The fraction of sp³-hybridized carbons (Fsp3) is 0.385. The Balaban J connectivity index is 1.63. The third kappa shape index (κ3) is 2.88. The number of ether oxygens (including phenoxy) is 1. The summed E-state index contributed by atoms with van der Waals surface area (Å²) in [5.41, 5.74) is 8.18. The van der Waals surface area contributed by atoms with Crippen LogP contribution in [0, 0.1) is 0 Å². The van der Waals surface area contributed by atoms with Crippen LogP contribution in [-0.2, 0) is 9.53 Å². The van der Waals surface area contributed by atoms with E-state index in [0.29, 0.717) is 37.7 Å². The lowest BCUT2D eigenvalue weighted by molar-refractivity contribution is -0.132. The number of rotatable bonds is 3. The first kappa shape index (κ1) is 13.3. The average molecular weight is 292 g/mol. The number of amides is 1. The van der Waals surface area contributed by atoms with Gasteiger partial charge in [-0.25, -0.2) is 4.98 Å². The second-order valence-corrected chi connectivity index (χ2v) is 5.56. The van der Waals surface area contributed by atoms with E-state index in [9.17, 15) is 4.79 Å². The Morgan fingerprint density at radius 2 is 2.25 bits per heavy atom. The topological polar surface area (TPSA) is 84.2 Å². The lowest BCUT2D eigenvalue weighted by Gasteiger charge is -2.26. The largest absolute Gasteiger partial charge is 0.399 e. The number of morpholine rings is 1. The number of nitrogen functional groups attached to an aromatic ring is 1. The van der Waals surface area contributed by atoms with Crippen molar-refractivity contribution >= 4 is 34.4 Å². The van der Waals surface area contributed by atoms with Gasteiger partial charge in [0.2, 0.25) is 5.91 Å². The molecule has 7 heteroatoms. The first-order chi connectivity index (χ1) is 9.72. The van der Waals surface area contributed by atoms with Crippen LogP contribution in [0.1, 0.15) is 0 Å². The maximum Gasteiger partial charge on any atom is 0.233 e. The van der Waals surface area contributed by atoms with Gasteiger partial charge in [-0.05, 0) is 18.2 Å². The molecule has 0 bridgehead atoms. The number of imidazole rings is 1. The van der Waals surface area contributed by atoms with E-state index in [-0.39, 0.29) is 5.91 Å². The molecule has 106 valence electrons. The van der Waals surface area contributed by atoms with Gasteiger partial charge in [0, 0.05) is 18.8 Å². The van der Waals surface area contributed by atoms with E-state index in [4.69, 9.17) is 10.5 Å². The molecule has 1 aliphatic heterocycles. The van der Waals surface area contributed by atoms with Crippen molar-refractivity contribution in [3.63, 3.8) is 0 Å². The first-order valence-corrected chi connectivity index (χ1v) is 7.44. The number of nitrogens with one attached hydrogen (secondary N) is 1. The summed E-state index contributed by atoms with van der Waals surface area (Å²) >= 11 is 1.41. The summed E-state index contributed by atoms with van der Waals surface area (Å²) in [4.78, 5) is 21.5. The van der Waals surface area contributed by atoms with Crippen LogP contribution in [0.15, 0.2) is 23.4 Å². The van der Waals surface area contributed by atoms with Crippen LogP contribution in [0.4, 0.5) is 5.69 Å².